The molecule has 0 amide bonds. The number of ether oxygens (including phenoxy) is 1. The molecule has 0 radical (unpaired) electrons. The van der Waals surface area contributed by atoms with E-state index in [0.29, 0.717) is 0 Å². The lowest BCUT2D eigenvalue weighted by molar-refractivity contribution is -0.144. The van der Waals surface area contributed by atoms with E-state index in [9.17, 15) is 19.8 Å². The van der Waals surface area contributed by atoms with Gasteiger partial charge in [-0.1, -0.05) is 30.3 Å². The Hall–Kier alpha value is -1.98. The van der Waals surface area contributed by atoms with E-state index >= 15 is 0 Å². The third kappa shape index (κ3) is 3.27. The second-order valence-electron chi connectivity index (χ2n) is 4.31. The Morgan fingerprint density at radius 3 is 2.47 bits per heavy atom. The van der Waals surface area contributed by atoms with Crippen LogP contribution < -0.4 is 0 Å². The van der Waals surface area contributed by atoms with Crippen molar-refractivity contribution in [3.8, 4) is 0 Å². The second kappa shape index (κ2) is 5.77. The van der Waals surface area contributed by atoms with Gasteiger partial charge in [-0.05, 0) is 17.2 Å². The lowest BCUT2D eigenvalue weighted by Gasteiger charge is -2.08. The van der Waals surface area contributed by atoms with Gasteiger partial charge < -0.3 is 14.9 Å². The summed E-state index contributed by atoms with van der Waals surface area (Å²) in [6, 6.07) is 9.18. The highest BCUT2D eigenvalue weighted by Gasteiger charge is 2.33. The maximum Gasteiger partial charge on any atom is 0.310 e. The molecule has 0 fully saturated rings. The predicted molar refractivity (Wildman–Crippen MR) is 66.0 cm³/mol. The number of rotatable bonds is 4. The lowest BCUT2D eigenvalue weighted by Crippen LogP contribution is -2.25. The van der Waals surface area contributed by atoms with Crippen molar-refractivity contribution in [2.24, 2.45) is 0 Å². The molecule has 2 unspecified atom stereocenters. The van der Waals surface area contributed by atoms with Crippen LogP contribution in [0.15, 0.2) is 42.0 Å². The normalized spacial score (nSPS) is 22.2. The molecule has 2 N–H and O–H groups in total. The van der Waals surface area contributed by atoms with Crippen molar-refractivity contribution in [2.45, 2.75) is 25.2 Å². The fraction of sp³-hybridized carbons (Fsp3) is 0.286. The van der Waals surface area contributed by atoms with Gasteiger partial charge in [0.05, 0.1) is 6.42 Å². The van der Waals surface area contributed by atoms with E-state index in [2.05, 4.69) is 0 Å². The van der Waals surface area contributed by atoms with Gasteiger partial charge in [0, 0.05) is 0 Å². The largest absolute Gasteiger partial charge is 0.461 e. The highest BCUT2D eigenvalue weighted by Crippen LogP contribution is 2.20. The summed E-state index contributed by atoms with van der Waals surface area (Å²) < 4.78 is 5.03. The van der Waals surface area contributed by atoms with E-state index in [1.54, 1.807) is 0 Å². The first kappa shape index (κ1) is 13.5. The van der Waals surface area contributed by atoms with Crippen molar-refractivity contribution in [2.75, 3.05) is 0 Å². The standard InChI is InChI=1S/C14H14O5/c15-11-6-10(13(17)14(11)18)7-12(16)19-8-9-4-2-1-3-5-9/h1-6,11,13,15,17H,7-8H2. The monoisotopic (exact) mass is 262 g/mol. The Kier molecular flexibility index (Phi) is 4.09. The molecule has 1 aliphatic rings. The molecule has 0 aliphatic heterocycles. The summed E-state index contributed by atoms with van der Waals surface area (Å²) >= 11 is 0. The van der Waals surface area contributed by atoms with Gasteiger partial charge in [0.15, 0.2) is 5.78 Å². The van der Waals surface area contributed by atoms with Gasteiger partial charge in [-0.15, -0.1) is 0 Å². The zero-order chi connectivity index (χ0) is 13.8. The summed E-state index contributed by atoms with van der Waals surface area (Å²) in [6.45, 7) is 0.138. The number of aliphatic hydroxyl groups excluding tert-OH is 2. The Morgan fingerprint density at radius 1 is 1.21 bits per heavy atom. The molecule has 1 aromatic rings. The van der Waals surface area contributed by atoms with Gasteiger partial charge in [0.1, 0.15) is 18.8 Å². The summed E-state index contributed by atoms with van der Waals surface area (Å²) in [6.07, 6.45) is -1.74. The van der Waals surface area contributed by atoms with Crippen LogP contribution >= 0.6 is 0 Å². The fourth-order valence-electron chi connectivity index (χ4n) is 1.83. The van der Waals surface area contributed by atoms with Gasteiger partial charge in [-0.2, -0.15) is 0 Å². The molecule has 2 atom stereocenters. The highest BCUT2D eigenvalue weighted by atomic mass is 16.5. The minimum atomic E-state index is -1.40. The number of hydrogen-bond acceptors (Lipinski definition) is 5. The van der Waals surface area contributed by atoms with Gasteiger partial charge >= 0.3 is 5.97 Å². The number of esters is 1. The molecule has 5 heteroatoms. The van der Waals surface area contributed by atoms with Gasteiger partial charge in [-0.25, -0.2) is 0 Å². The van der Waals surface area contributed by atoms with Crippen LogP contribution in [-0.4, -0.2) is 34.2 Å². The van der Waals surface area contributed by atoms with E-state index in [1.807, 2.05) is 30.3 Å². The van der Waals surface area contributed by atoms with Crippen LogP contribution in [0.1, 0.15) is 12.0 Å². The van der Waals surface area contributed by atoms with E-state index in [-0.39, 0.29) is 18.6 Å². The van der Waals surface area contributed by atoms with Gasteiger partial charge in [-0.3, -0.25) is 9.59 Å². The van der Waals surface area contributed by atoms with Crippen molar-refractivity contribution < 1.29 is 24.5 Å². The first-order valence-corrected chi connectivity index (χ1v) is 5.88. The van der Waals surface area contributed by atoms with E-state index in [0.717, 1.165) is 5.56 Å². The lowest BCUT2D eigenvalue weighted by atomic mass is 10.1. The Morgan fingerprint density at radius 2 is 1.89 bits per heavy atom. The van der Waals surface area contributed by atoms with Crippen molar-refractivity contribution in [3.05, 3.63) is 47.5 Å². The minimum absolute atomic E-state index is 0.138. The van der Waals surface area contributed by atoms with Crippen LogP contribution in [0.4, 0.5) is 0 Å². The number of Topliss-reactive ketones (excluding diaryl/α,β-unsaturated/α-hetero) is 1. The molecular formula is C14H14O5. The SMILES string of the molecule is O=C(CC1=CC(O)C(=O)C1O)OCc1ccccc1. The molecule has 0 aromatic heterocycles. The van der Waals surface area contributed by atoms with Crippen LogP contribution in [0.25, 0.3) is 0 Å². The van der Waals surface area contributed by atoms with Crippen molar-refractivity contribution >= 4 is 11.8 Å². The number of hydrogen-bond donors (Lipinski definition) is 2. The molecule has 100 valence electrons. The van der Waals surface area contributed by atoms with Crippen LogP contribution in [0, 0.1) is 0 Å². The Balaban J connectivity index is 1.86. The first-order chi connectivity index (χ1) is 9.08. The molecule has 0 saturated carbocycles. The van der Waals surface area contributed by atoms with Crippen LogP contribution in [-0.2, 0) is 20.9 Å². The van der Waals surface area contributed by atoms with Crippen molar-refractivity contribution in [1.29, 1.82) is 0 Å². The highest BCUT2D eigenvalue weighted by molar-refractivity contribution is 5.95. The Bertz CT molecular complexity index is 506. The van der Waals surface area contributed by atoms with Crippen molar-refractivity contribution in [3.63, 3.8) is 0 Å². The average molecular weight is 262 g/mol. The van der Waals surface area contributed by atoms with Crippen LogP contribution in [0.5, 0.6) is 0 Å². The topological polar surface area (TPSA) is 83.8 Å². The van der Waals surface area contributed by atoms with Gasteiger partial charge in [0.2, 0.25) is 0 Å². The van der Waals surface area contributed by atoms with Crippen LogP contribution in [0.3, 0.4) is 0 Å². The summed E-state index contributed by atoms with van der Waals surface area (Å²) in [5.41, 5.74) is 1.04. The molecule has 2 rings (SSSR count). The second-order valence-corrected chi connectivity index (χ2v) is 4.31. The summed E-state index contributed by atoms with van der Waals surface area (Å²) in [5, 5.41) is 18.7. The Labute approximate surface area is 110 Å². The van der Waals surface area contributed by atoms with Gasteiger partial charge in [0.25, 0.3) is 0 Å². The maximum atomic E-state index is 11.6. The zero-order valence-electron chi connectivity index (χ0n) is 10.2. The minimum Gasteiger partial charge on any atom is -0.461 e. The first-order valence-electron chi connectivity index (χ1n) is 5.88. The number of ketones is 1. The third-order valence-electron chi connectivity index (χ3n) is 2.88. The zero-order valence-corrected chi connectivity index (χ0v) is 10.2. The van der Waals surface area contributed by atoms with E-state index < -0.39 is 24.0 Å². The number of carbonyl (C=O) groups excluding carboxylic acids is 2. The summed E-state index contributed by atoms with van der Waals surface area (Å²) in [4.78, 5) is 22.7. The molecule has 0 bridgehead atoms. The quantitative estimate of drug-likeness (QED) is 0.604. The molecule has 1 aliphatic carbocycles. The van der Waals surface area contributed by atoms with E-state index in [4.69, 9.17) is 4.74 Å². The molecule has 0 saturated heterocycles. The molecule has 0 heterocycles. The maximum absolute atomic E-state index is 11.6. The number of benzene rings is 1. The molecular weight excluding hydrogens is 248 g/mol. The molecule has 1 aromatic carbocycles. The third-order valence-corrected chi connectivity index (χ3v) is 2.88. The molecule has 0 spiro atoms. The fourth-order valence-corrected chi connectivity index (χ4v) is 1.83. The molecule has 5 nitrogen and oxygen atoms in total. The number of aliphatic hydroxyl groups is 2. The van der Waals surface area contributed by atoms with E-state index in [1.165, 1.54) is 6.08 Å². The predicted octanol–water partition coefficient (Wildman–Crippen LogP) is 0.351. The average Bonchev–Trinajstić information content (AvgIpc) is 2.65. The van der Waals surface area contributed by atoms with Crippen molar-refractivity contribution in [1.82, 2.24) is 0 Å². The smallest absolute Gasteiger partial charge is 0.310 e. The number of carbonyl (C=O) groups is 2. The van der Waals surface area contributed by atoms with Crippen LogP contribution in [0.2, 0.25) is 0 Å². The molecule has 19 heavy (non-hydrogen) atoms. The summed E-state index contributed by atoms with van der Waals surface area (Å²) in [7, 11) is 0. The summed E-state index contributed by atoms with van der Waals surface area (Å²) in [5.74, 6) is -1.25.